The maximum atomic E-state index is 12.0. The lowest BCUT2D eigenvalue weighted by molar-refractivity contribution is -0.384. The fourth-order valence-electron chi connectivity index (χ4n) is 2.70. The van der Waals surface area contributed by atoms with Crippen LogP contribution >= 0.6 is 0 Å². The summed E-state index contributed by atoms with van der Waals surface area (Å²) >= 11 is 0. The van der Waals surface area contributed by atoms with Crippen molar-refractivity contribution in [3.05, 3.63) is 63.0 Å². The summed E-state index contributed by atoms with van der Waals surface area (Å²) < 4.78 is 11.6. The first-order valence-corrected chi connectivity index (χ1v) is 8.06. The number of rotatable bonds is 7. The molecule has 26 heavy (non-hydrogen) atoms. The van der Waals surface area contributed by atoms with E-state index in [-0.39, 0.29) is 36.2 Å². The van der Waals surface area contributed by atoms with Gasteiger partial charge >= 0.3 is 5.76 Å². The highest BCUT2D eigenvalue weighted by molar-refractivity contribution is 5.77. The van der Waals surface area contributed by atoms with Crippen LogP contribution in [0.5, 0.6) is 0 Å². The lowest BCUT2D eigenvalue weighted by atomic mass is 10.2. The van der Waals surface area contributed by atoms with E-state index in [9.17, 15) is 19.7 Å². The molecular formula is C17H17N3O6. The topological polar surface area (TPSA) is 121 Å². The number of nitrogens with zero attached hydrogens (tertiary/aromatic N) is 2. The number of carbonyl (C=O) groups excluding carboxylic acids is 1. The lowest BCUT2D eigenvalue weighted by Gasteiger charge is -2.11. The van der Waals surface area contributed by atoms with E-state index in [4.69, 9.17) is 8.83 Å². The molecule has 0 unspecified atom stereocenters. The second kappa shape index (κ2) is 7.26. The van der Waals surface area contributed by atoms with Crippen LogP contribution in [0.4, 0.5) is 5.69 Å². The Kier molecular flexibility index (Phi) is 4.87. The van der Waals surface area contributed by atoms with E-state index in [0.29, 0.717) is 17.7 Å². The summed E-state index contributed by atoms with van der Waals surface area (Å²) in [6.45, 7) is 2.09. The number of amides is 1. The van der Waals surface area contributed by atoms with Gasteiger partial charge in [-0.15, -0.1) is 0 Å². The van der Waals surface area contributed by atoms with Crippen molar-refractivity contribution in [2.24, 2.45) is 0 Å². The number of fused-ring (bicyclic) bond motifs is 1. The first-order chi connectivity index (χ1) is 12.5. The summed E-state index contributed by atoms with van der Waals surface area (Å²) in [6.07, 6.45) is 2.18. The molecule has 1 atom stereocenters. The third kappa shape index (κ3) is 3.66. The number of nitro benzene ring substituents is 1. The Morgan fingerprint density at radius 3 is 2.88 bits per heavy atom. The van der Waals surface area contributed by atoms with Crippen molar-refractivity contribution in [3.63, 3.8) is 0 Å². The maximum absolute atomic E-state index is 12.0. The average molecular weight is 359 g/mol. The third-order valence-electron chi connectivity index (χ3n) is 4.00. The molecule has 1 N–H and O–H groups in total. The normalized spacial score (nSPS) is 12.2. The zero-order chi connectivity index (χ0) is 18.7. The van der Waals surface area contributed by atoms with Crippen molar-refractivity contribution in [3.8, 4) is 0 Å². The molecule has 0 aliphatic heterocycles. The molecule has 9 nitrogen and oxygen atoms in total. The van der Waals surface area contributed by atoms with Crippen LogP contribution in [0.15, 0.2) is 50.2 Å². The Morgan fingerprint density at radius 2 is 2.19 bits per heavy atom. The highest BCUT2D eigenvalue weighted by atomic mass is 16.6. The predicted octanol–water partition coefficient (Wildman–Crippen LogP) is 2.75. The minimum atomic E-state index is -0.607. The number of hydrogen-bond acceptors (Lipinski definition) is 6. The van der Waals surface area contributed by atoms with Crippen molar-refractivity contribution in [1.82, 2.24) is 9.88 Å². The molecule has 0 fully saturated rings. The molecule has 0 bridgehead atoms. The zero-order valence-corrected chi connectivity index (χ0v) is 14.0. The van der Waals surface area contributed by atoms with E-state index in [1.54, 1.807) is 18.4 Å². The number of benzene rings is 1. The fourth-order valence-corrected chi connectivity index (χ4v) is 2.70. The maximum Gasteiger partial charge on any atom is 0.419 e. The van der Waals surface area contributed by atoms with E-state index in [0.717, 1.165) is 0 Å². The van der Waals surface area contributed by atoms with Crippen LogP contribution in [0.1, 0.15) is 31.6 Å². The number of furan rings is 1. The Hall–Kier alpha value is -3.36. The number of hydrogen-bond donors (Lipinski definition) is 1. The Morgan fingerprint density at radius 1 is 1.38 bits per heavy atom. The van der Waals surface area contributed by atoms with Crippen LogP contribution < -0.4 is 11.1 Å². The Labute approximate surface area is 147 Å². The quantitative estimate of drug-likeness (QED) is 0.511. The molecule has 0 radical (unpaired) electrons. The van der Waals surface area contributed by atoms with Gasteiger partial charge in [0.25, 0.3) is 5.69 Å². The molecule has 2 heterocycles. The van der Waals surface area contributed by atoms with Crippen LogP contribution in [-0.4, -0.2) is 15.4 Å². The highest BCUT2D eigenvalue weighted by Gasteiger charge is 2.15. The monoisotopic (exact) mass is 359 g/mol. The van der Waals surface area contributed by atoms with E-state index < -0.39 is 10.7 Å². The van der Waals surface area contributed by atoms with E-state index in [1.807, 2.05) is 6.92 Å². The Balaban J connectivity index is 1.61. The third-order valence-corrected chi connectivity index (χ3v) is 4.00. The molecule has 0 spiro atoms. The SMILES string of the molecule is C[C@@H](NC(=O)CCCn1c(=O)oc2cc([N+](=O)[O-])ccc21)c1ccco1. The van der Waals surface area contributed by atoms with Crippen LogP contribution in [0.3, 0.4) is 0 Å². The summed E-state index contributed by atoms with van der Waals surface area (Å²) in [5, 5.41) is 13.6. The smallest absolute Gasteiger partial charge is 0.419 e. The van der Waals surface area contributed by atoms with Gasteiger partial charge in [0.1, 0.15) is 5.76 Å². The van der Waals surface area contributed by atoms with E-state index in [2.05, 4.69) is 5.32 Å². The van der Waals surface area contributed by atoms with E-state index >= 15 is 0 Å². The van der Waals surface area contributed by atoms with Gasteiger partial charge in [0.05, 0.1) is 28.8 Å². The average Bonchev–Trinajstić information content (AvgIpc) is 3.22. The zero-order valence-electron chi connectivity index (χ0n) is 14.0. The second-order valence-corrected chi connectivity index (χ2v) is 5.84. The summed E-state index contributed by atoms with van der Waals surface area (Å²) in [7, 11) is 0. The molecule has 2 aromatic heterocycles. The fraction of sp³-hybridized carbons (Fsp3) is 0.294. The number of carbonyl (C=O) groups is 1. The molecule has 1 aromatic carbocycles. The molecular weight excluding hydrogens is 342 g/mol. The summed E-state index contributed by atoms with van der Waals surface area (Å²) in [5.74, 6) is -0.104. The number of aryl methyl sites for hydroxylation is 1. The number of oxazole rings is 1. The molecule has 0 saturated carbocycles. The summed E-state index contributed by atoms with van der Waals surface area (Å²) in [6, 6.07) is 7.28. The van der Waals surface area contributed by atoms with Gasteiger partial charge in [0.15, 0.2) is 5.58 Å². The van der Waals surface area contributed by atoms with Gasteiger partial charge in [-0.05, 0) is 31.5 Å². The molecule has 1 amide bonds. The largest absolute Gasteiger partial charge is 0.467 e. The minimum absolute atomic E-state index is 0.148. The van der Waals surface area contributed by atoms with Gasteiger partial charge in [0, 0.05) is 19.0 Å². The first-order valence-electron chi connectivity index (χ1n) is 8.06. The van der Waals surface area contributed by atoms with Gasteiger partial charge in [-0.25, -0.2) is 4.79 Å². The van der Waals surface area contributed by atoms with Crippen molar-refractivity contribution in [2.45, 2.75) is 32.4 Å². The molecule has 136 valence electrons. The van der Waals surface area contributed by atoms with Crippen molar-refractivity contribution < 1.29 is 18.6 Å². The van der Waals surface area contributed by atoms with Gasteiger partial charge in [-0.1, -0.05) is 0 Å². The first kappa shape index (κ1) is 17.5. The van der Waals surface area contributed by atoms with Crippen molar-refractivity contribution in [1.29, 1.82) is 0 Å². The summed E-state index contributed by atoms with van der Waals surface area (Å²) in [4.78, 5) is 34.2. The molecule has 3 aromatic rings. The molecule has 9 heteroatoms. The van der Waals surface area contributed by atoms with Gasteiger partial charge in [-0.2, -0.15) is 0 Å². The van der Waals surface area contributed by atoms with Crippen LogP contribution in [0.2, 0.25) is 0 Å². The highest BCUT2D eigenvalue weighted by Crippen LogP contribution is 2.20. The molecule has 0 saturated heterocycles. The van der Waals surface area contributed by atoms with Crippen LogP contribution in [0.25, 0.3) is 11.1 Å². The number of nitro groups is 1. The molecule has 0 aliphatic rings. The minimum Gasteiger partial charge on any atom is -0.467 e. The number of nitrogens with one attached hydrogen (secondary N) is 1. The van der Waals surface area contributed by atoms with Crippen molar-refractivity contribution in [2.75, 3.05) is 0 Å². The lowest BCUT2D eigenvalue weighted by Crippen LogP contribution is -2.26. The number of aromatic nitrogens is 1. The second-order valence-electron chi connectivity index (χ2n) is 5.84. The van der Waals surface area contributed by atoms with Crippen molar-refractivity contribution >= 4 is 22.7 Å². The molecule has 3 rings (SSSR count). The van der Waals surface area contributed by atoms with E-state index in [1.165, 1.54) is 22.8 Å². The van der Waals surface area contributed by atoms with Crippen LogP contribution in [0, 0.1) is 10.1 Å². The number of non-ortho nitro benzene ring substituents is 1. The van der Waals surface area contributed by atoms with Gasteiger partial charge in [0.2, 0.25) is 5.91 Å². The predicted molar refractivity (Wildman–Crippen MR) is 91.6 cm³/mol. The summed E-state index contributed by atoms with van der Waals surface area (Å²) in [5.41, 5.74) is 0.467. The Bertz CT molecular complexity index is 986. The van der Waals surface area contributed by atoms with Crippen LogP contribution in [-0.2, 0) is 11.3 Å². The van der Waals surface area contributed by atoms with Gasteiger partial charge in [-0.3, -0.25) is 19.5 Å². The molecule has 0 aliphatic carbocycles. The standard InChI is InChI=1S/C17H17N3O6/c1-11(14-4-3-9-25-14)18-16(21)5-2-8-19-13-7-6-12(20(23)24)10-15(13)26-17(19)22/h3-4,6-7,9-11H,2,5,8H2,1H3,(H,18,21)/t11-/m1/s1. The van der Waals surface area contributed by atoms with Gasteiger partial charge < -0.3 is 14.2 Å².